The van der Waals surface area contributed by atoms with E-state index in [0.717, 1.165) is 6.54 Å². The van der Waals surface area contributed by atoms with Crippen molar-refractivity contribution in [2.24, 2.45) is 0 Å². The van der Waals surface area contributed by atoms with Gasteiger partial charge in [-0.05, 0) is 23.4 Å². The summed E-state index contributed by atoms with van der Waals surface area (Å²) in [5, 5.41) is 16.5. The number of hydrogen-bond donors (Lipinski definition) is 2. The van der Waals surface area contributed by atoms with Crippen molar-refractivity contribution in [3.63, 3.8) is 0 Å². The van der Waals surface area contributed by atoms with Crippen LogP contribution in [0.25, 0.3) is 0 Å². The number of amides is 1. The summed E-state index contributed by atoms with van der Waals surface area (Å²) in [7, 11) is 0. The first-order chi connectivity index (χ1) is 8.93. The monoisotopic (exact) mass is 305 g/mol. The van der Waals surface area contributed by atoms with Gasteiger partial charge in [-0.3, -0.25) is 9.36 Å². The van der Waals surface area contributed by atoms with Crippen molar-refractivity contribution in [3.05, 3.63) is 22.1 Å². The molecule has 0 aliphatic rings. The van der Waals surface area contributed by atoms with Crippen LogP contribution in [0.3, 0.4) is 0 Å². The minimum absolute atomic E-state index is 0. The summed E-state index contributed by atoms with van der Waals surface area (Å²) >= 11 is 0. The number of hydrogen-bond acceptors (Lipinski definition) is 5. The normalized spacial score (nSPS) is 11.6. The third-order valence-electron chi connectivity index (χ3n) is 2.62. The number of halogens is 1. The molecule has 0 fully saturated rings. The molecule has 9 heteroatoms. The second kappa shape index (κ2) is 8.49. The molecule has 1 atom stereocenters. The van der Waals surface area contributed by atoms with E-state index in [4.69, 9.17) is 0 Å². The molecule has 1 aromatic rings. The predicted molar refractivity (Wildman–Crippen MR) is 77.0 cm³/mol. The molecular weight excluding hydrogens is 286 g/mol. The van der Waals surface area contributed by atoms with Gasteiger partial charge in [0.15, 0.2) is 0 Å². The minimum Gasteiger partial charge on any atom is -0.358 e. The van der Waals surface area contributed by atoms with Crippen molar-refractivity contribution < 1.29 is 9.72 Å². The molecule has 114 valence electrons. The molecular formula is C11H20ClN5O3. The highest BCUT2D eigenvalue weighted by Gasteiger charge is 2.16. The van der Waals surface area contributed by atoms with Gasteiger partial charge in [-0.2, -0.15) is 0 Å². The summed E-state index contributed by atoms with van der Waals surface area (Å²) < 4.78 is 1.46. The van der Waals surface area contributed by atoms with Crippen molar-refractivity contribution in [2.45, 2.75) is 33.4 Å². The standard InChI is InChI=1S/C11H19N5O3.ClH/c1-4-12-8(2)5-13-11(17)7-15-6-10(16(18)19)14-9(15)3;/h6,8,12H,4-5,7H2,1-3H3,(H,13,17);1H/t8-;/m1./s1. The van der Waals surface area contributed by atoms with E-state index in [1.165, 1.54) is 10.8 Å². The summed E-state index contributed by atoms with van der Waals surface area (Å²) in [6.45, 7) is 6.98. The van der Waals surface area contributed by atoms with Gasteiger partial charge in [0.2, 0.25) is 11.7 Å². The van der Waals surface area contributed by atoms with E-state index in [0.29, 0.717) is 12.4 Å². The van der Waals surface area contributed by atoms with Crippen LogP contribution in [0.15, 0.2) is 6.20 Å². The van der Waals surface area contributed by atoms with Crippen LogP contribution in [-0.4, -0.2) is 39.5 Å². The Morgan fingerprint density at radius 2 is 2.25 bits per heavy atom. The number of nitrogens with zero attached hydrogens (tertiary/aromatic N) is 3. The number of imidazole rings is 1. The zero-order valence-corrected chi connectivity index (χ0v) is 12.6. The van der Waals surface area contributed by atoms with E-state index in [2.05, 4.69) is 15.6 Å². The molecule has 2 N–H and O–H groups in total. The molecule has 20 heavy (non-hydrogen) atoms. The Kier molecular flexibility index (Phi) is 7.78. The lowest BCUT2D eigenvalue weighted by molar-refractivity contribution is -0.389. The van der Waals surface area contributed by atoms with Crippen LogP contribution < -0.4 is 10.6 Å². The molecule has 8 nitrogen and oxygen atoms in total. The number of carbonyl (C=O) groups excluding carboxylic acids is 1. The third-order valence-corrected chi connectivity index (χ3v) is 2.62. The fourth-order valence-corrected chi connectivity index (χ4v) is 1.64. The first-order valence-corrected chi connectivity index (χ1v) is 6.12. The van der Waals surface area contributed by atoms with Gasteiger partial charge in [-0.25, -0.2) is 0 Å². The van der Waals surface area contributed by atoms with E-state index < -0.39 is 4.92 Å². The molecule has 1 rings (SSSR count). The molecule has 0 aliphatic heterocycles. The van der Waals surface area contributed by atoms with Gasteiger partial charge >= 0.3 is 5.82 Å². The van der Waals surface area contributed by atoms with E-state index in [1.54, 1.807) is 6.92 Å². The molecule has 0 aromatic carbocycles. The van der Waals surface area contributed by atoms with Crippen LogP contribution in [0, 0.1) is 17.0 Å². The number of nitrogens with one attached hydrogen (secondary N) is 2. The molecule has 1 heterocycles. The number of nitro groups is 1. The molecule has 0 saturated carbocycles. The maximum Gasteiger partial charge on any atom is 0.381 e. The Morgan fingerprint density at radius 1 is 1.60 bits per heavy atom. The van der Waals surface area contributed by atoms with Gasteiger partial charge in [-0.15, -0.1) is 12.4 Å². The quantitative estimate of drug-likeness (QED) is 0.568. The highest BCUT2D eigenvalue weighted by atomic mass is 35.5. The Morgan fingerprint density at radius 3 is 2.75 bits per heavy atom. The highest BCUT2D eigenvalue weighted by Crippen LogP contribution is 2.09. The maximum atomic E-state index is 11.7. The second-order valence-electron chi connectivity index (χ2n) is 4.29. The van der Waals surface area contributed by atoms with Crippen LogP contribution >= 0.6 is 12.4 Å². The molecule has 0 unspecified atom stereocenters. The summed E-state index contributed by atoms with van der Waals surface area (Å²) in [5.41, 5.74) is 0. The summed E-state index contributed by atoms with van der Waals surface area (Å²) in [5.74, 6) is 0.00745. The zero-order chi connectivity index (χ0) is 14.4. The van der Waals surface area contributed by atoms with Crippen molar-refractivity contribution in [1.29, 1.82) is 0 Å². The zero-order valence-electron chi connectivity index (χ0n) is 11.8. The number of aryl methyl sites for hydroxylation is 1. The third kappa shape index (κ3) is 5.54. The Hall–Kier alpha value is -1.67. The van der Waals surface area contributed by atoms with Gasteiger partial charge in [0.25, 0.3) is 0 Å². The van der Waals surface area contributed by atoms with E-state index >= 15 is 0 Å². The first-order valence-electron chi connectivity index (χ1n) is 6.12. The van der Waals surface area contributed by atoms with Gasteiger partial charge in [0.05, 0.1) is 0 Å². The molecule has 0 spiro atoms. The van der Waals surface area contributed by atoms with Crippen molar-refractivity contribution in [3.8, 4) is 0 Å². The molecule has 1 aromatic heterocycles. The SMILES string of the molecule is CCN[C@H](C)CNC(=O)Cn1cc([N+](=O)[O-])nc1C.Cl. The Balaban J connectivity index is 0.00000361. The maximum absolute atomic E-state index is 11.7. The molecule has 0 aliphatic carbocycles. The fourth-order valence-electron chi connectivity index (χ4n) is 1.64. The average Bonchev–Trinajstić information content (AvgIpc) is 2.69. The number of rotatable bonds is 7. The number of aromatic nitrogens is 2. The van der Waals surface area contributed by atoms with Crippen LogP contribution in [0.4, 0.5) is 5.82 Å². The largest absolute Gasteiger partial charge is 0.381 e. The van der Waals surface area contributed by atoms with Gasteiger partial charge in [-0.1, -0.05) is 6.92 Å². The molecule has 1 amide bonds. The van der Waals surface area contributed by atoms with Crippen LogP contribution in [0.5, 0.6) is 0 Å². The van der Waals surface area contributed by atoms with Crippen molar-refractivity contribution >= 4 is 24.1 Å². The van der Waals surface area contributed by atoms with E-state index in [-0.39, 0.29) is 36.7 Å². The van der Waals surface area contributed by atoms with E-state index in [1.807, 2.05) is 13.8 Å². The second-order valence-corrected chi connectivity index (χ2v) is 4.29. The predicted octanol–water partition coefficient (Wildman–Crippen LogP) is 0.636. The lowest BCUT2D eigenvalue weighted by atomic mass is 10.3. The minimum atomic E-state index is -0.575. The van der Waals surface area contributed by atoms with Crippen LogP contribution in [-0.2, 0) is 11.3 Å². The molecule has 0 saturated heterocycles. The summed E-state index contributed by atoms with van der Waals surface area (Å²) in [4.78, 5) is 25.4. The lowest BCUT2D eigenvalue weighted by Crippen LogP contribution is -2.40. The summed E-state index contributed by atoms with van der Waals surface area (Å²) in [6, 6.07) is 0.187. The van der Waals surface area contributed by atoms with Crippen molar-refractivity contribution in [2.75, 3.05) is 13.1 Å². The van der Waals surface area contributed by atoms with Gasteiger partial charge in [0.1, 0.15) is 12.7 Å². The Labute approximate surface area is 123 Å². The van der Waals surface area contributed by atoms with Gasteiger partial charge < -0.3 is 20.7 Å². The number of likely N-dealkylation sites (N-methyl/N-ethyl adjacent to an activating group) is 1. The Bertz CT molecular complexity index is 463. The van der Waals surface area contributed by atoms with E-state index in [9.17, 15) is 14.9 Å². The summed E-state index contributed by atoms with van der Waals surface area (Å²) in [6.07, 6.45) is 1.27. The average molecular weight is 306 g/mol. The van der Waals surface area contributed by atoms with Crippen molar-refractivity contribution in [1.82, 2.24) is 20.2 Å². The topological polar surface area (TPSA) is 102 Å². The smallest absolute Gasteiger partial charge is 0.358 e. The molecule has 0 bridgehead atoms. The van der Waals surface area contributed by atoms with Crippen LogP contribution in [0.1, 0.15) is 19.7 Å². The lowest BCUT2D eigenvalue weighted by Gasteiger charge is -2.13. The first kappa shape index (κ1) is 18.3. The fraction of sp³-hybridized carbons (Fsp3) is 0.636. The molecule has 0 radical (unpaired) electrons. The number of carbonyl (C=O) groups is 1. The van der Waals surface area contributed by atoms with Crippen LogP contribution in [0.2, 0.25) is 0 Å². The van der Waals surface area contributed by atoms with Gasteiger partial charge in [0, 0.05) is 19.5 Å². The highest BCUT2D eigenvalue weighted by molar-refractivity contribution is 5.85.